The number of hydrogen-bond acceptors (Lipinski definition) is 1. The molecule has 0 aromatic heterocycles. The SMILES string of the molecule is CCC(C)(CC)[C@@H](C)CN. The van der Waals surface area contributed by atoms with E-state index in [-0.39, 0.29) is 0 Å². The van der Waals surface area contributed by atoms with Gasteiger partial charge in [0.15, 0.2) is 0 Å². The van der Waals surface area contributed by atoms with Crippen molar-refractivity contribution in [1.82, 2.24) is 0 Å². The van der Waals surface area contributed by atoms with Crippen molar-refractivity contribution in [2.24, 2.45) is 17.1 Å². The molecule has 0 saturated carbocycles. The third-order valence-electron chi connectivity index (χ3n) is 3.16. The average Bonchev–Trinajstić information content (AvgIpc) is 2.01. The van der Waals surface area contributed by atoms with E-state index in [0.29, 0.717) is 11.3 Å². The van der Waals surface area contributed by atoms with E-state index in [4.69, 9.17) is 5.73 Å². The topological polar surface area (TPSA) is 26.0 Å². The van der Waals surface area contributed by atoms with E-state index in [2.05, 4.69) is 27.7 Å². The molecular formula is C9H21N. The van der Waals surface area contributed by atoms with Crippen molar-refractivity contribution in [3.63, 3.8) is 0 Å². The fraction of sp³-hybridized carbons (Fsp3) is 1.00. The van der Waals surface area contributed by atoms with Gasteiger partial charge in [-0.25, -0.2) is 0 Å². The first kappa shape index (κ1) is 9.96. The van der Waals surface area contributed by atoms with Crippen LogP contribution in [-0.2, 0) is 0 Å². The van der Waals surface area contributed by atoms with E-state index in [9.17, 15) is 0 Å². The molecule has 1 nitrogen and oxygen atoms in total. The number of rotatable bonds is 4. The molecule has 0 saturated heterocycles. The van der Waals surface area contributed by atoms with Crippen LogP contribution in [0.4, 0.5) is 0 Å². The van der Waals surface area contributed by atoms with Crippen molar-refractivity contribution in [3.8, 4) is 0 Å². The third-order valence-corrected chi connectivity index (χ3v) is 3.16. The standard InChI is InChI=1S/C9H21N/c1-5-9(4,6-2)8(3)7-10/h8H,5-7,10H2,1-4H3/t8-/m0/s1. The summed E-state index contributed by atoms with van der Waals surface area (Å²) >= 11 is 0. The van der Waals surface area contributed by atoms with Crippen LogP contribution in [0, 0.1) is 11.3 Å². The molecule has 1 atom stereocenters. The van der Waals surface area contributed by atoms with Gasteiger partial charge in [-0.3, -0.25) is 0 Å². The zero-order valence-electron chi connectivity index (χ0n) is 7.78. The van der Waals surface area contributed by atoms with Gasteiger partial charge in [-0.1, -0.05) is 40.5 Å². The van der Waals surface area contributed by atoms with Gasteiger partial charge in [0.1, 0.15) is 0 Å². The highest BCUT2D eigenvalue weighted by molar-refractivity contribution is 4.77. The highest BCUT2D eigenvalue weighted by Gasteiger charge is 2.25. The van der Waals surface area contributed by atoms with Crippen LogP contribution >= 0.6 is 0 Å². The molecule has 0 aliphatic heterocycles. The van der Waals surface area contributed by atoms with Crippen LogP contribution in [0.1, 0.15) is 40.5 Å². The molecule has 0 unspecified atom stereocenters. The third kappa shape index (κ3) is 1.98. The summed E-state index contributed by atoms with van der Waals surface area (Å²) in [6, 6.07) is 0. The normalized spacial score (nSPS) is 15.3. The van der Waals surface area contributed by atoms with Crippen molar-refractivity contribution < 1.29 is 0 Å². The molecule has 62 valence electrons. The summed E-state index contributed by atoms with van der Waals surface area (Å²) in [5, 5.41) is 0. The Morgan fingerprint density at radius 1 is 1.30 bits per heavy atom. The molecule has 0 bridgehead atoms. The smallest absolute Gasteiger partial charge is 0.00463 e. The van der Waals surface area contributed by atoms with E-state index >= 15 is 0 Å². The van der Waals surface area contributed by atoms with Crippen molar-refractivity contribution in [3.05, 3.63) is 0 Å². The molecule has 2 N–H and O–H groups in total. The van der Waals surface area contributed by atoms with Gasteiger partial charge in [0, 0.05) is 0 Å². The van der Waals surface area contributed by atoms with Gasteiger partial charge in [-0.2, -0.15) is 0 Å². The molecule has 0 aromatic carbocycles. The van der Waals surface area contributed by atoms with Crippen LogP contribution in [0.3, 0.4) is 0 Å². The Kier molecular flexibility index (Phi) is 3.95. The van der Waals surface area contributed by atoms with E-state index in [1.165, 1.54) is 12.8 Å². The van der Waals surface area contributed by atoms with Gasteiger partial charge in [0.25, 0.3) is 0 Å². The maximum absolute atomic E-state index is 5.61. The van der Waals surface area contributed by atoms with Crippen molar-refractivity contribution in [2.45, 2.75) is 40.5 Å². The van der Waals surface area contributed by atoms with Crippen LogP contribution in [0.15, 0.2) is 0 Å². The maximum Gasteiger partial charge on any atom is -0.00463 e. The average molecular weight is 143 g/mol. The van der Waals surface area contributed by atoms with E-state index in [1.807, 2.05) is 0 Å². The molecule has 0 aromatic rings. The zero-order chi connectivity index (χ0) is 8.20. The molecule has 1 heteroatoms. The predicted molar refractivity (Wildman–Crippen MR) is 46.9 cm³/mol. The van der Waals surface area contributed by atoms with Crippen LogP contribution in [-0.4, -0.2) is 6.54 Å². The molecule has 10 heavy (non-hydrogen) atoms. The molecule has 0 rings (SSSR count). The van der Waals surface area contributed by atoms with Crippen LogP contribution in [0.2, 0.25) is 0 Å². The van der Waals surface area contributed by atoms with Gasteiger partial charge < -0.3 is 5.73 Å². The Hall–Kier alpha value is -0.0400. The summed E-state index contributed by atoms with van der Waals surface area (Å²) < 4.78 is 0. The zero-order valence-corrected chi connectivity index (χ0v) is 7.78. The lowest BCUT2D eigenvalue weighted by atomic mass is 9.74. The summed E-state index contributed by atoms with van der Waals surface area (Å²) in [7, 11) is 0. The van der Waals surface area contributed by atoms with Gasteiger partial charge in [-0.05, 0) is 17.9 Å². The van der Waals surface area contributed by atoms with Gasteiger partial charge in [-0.15, -0.1) is 0 Å². The lowest BCUT2D eigenvalue weighted by Gasteiger charge is -2.32. The Morgan fingerprint density at radius 2 is 1.70 bits per heavy atom. The minimum atomic E-state index is 0.467. The van der Waals surface area contributed by atoms with Crippen LogP contribution < -0.4 is 5.73 Å². The fourth-order valence-corrected chi connectivity index (χ4v) is 1.23. The van der Waals surface area contributed by atoms with Gasteiger partial charge in [0.05, 0.1) is 0 Å². The minimum Gasteiger partial charge on any atom is -0.330 e. The molecular weight excluding hydrogens is 122 g/mol. The Bertz CT molecular complexity index is 84.7. The Labute approximate surface area is 65.0 Å². The predicted octanol–water partition coefficient (Wildman–Crippen LogP) is 2.41. The molecule has 0 fully saturated rings. The first-order chi connectivity index (χ1) is 4.60. The Morgan fingerprint density at radius 3 is 1.80 bits per heavy atom. The Balaban J connectivity index is 4.02. The second kappa shape index (κ2) is 3.97. The highest BCUT2D eigenvalue weighted by Crippen LogP contribution is 2.33. The lowest BCUT2D eigenvalue weighted by molar-refractivity contribution is 0.190. The molecule has 0 aliphatic carbocycles. The molecule has 0 aliphatic rings. The molecule has 0 heterocycles. The summed E-state index contributed by atoms with van der Waals surface area (Å²) in [6.45, 7) is 9.88. The van der Waals surface area contributed by atoms with Crippen molar-refractivity contribution in [2.75, 3.05) is 6.54 Å². The van der Waals surface area contributed by atoms with Crippen molar-refractivity contribution in [1.29, 1.82) is 0 Å². The monoisotopic (exact) mass is 143 g/mol. The molecule has 0 spiro atoms. The first-order valence-electron chi connectivity index (χ1n) is 4.30. The second-order valence-electron chi connectivity index (χ2n) is 3.50. The van der Waals surface area contributed by atoms with Gasteiger partial charge in [0.2, 0.25) is 0 Å². The lowest BCUT2D eigenvalue weighted by Crippen LogP contribution is -2.29. The second-order valence-corrected chi connectivity index (χ2v) is 3.50. The summed E-state index contributed by atoms with van der Waals surface area (Å²) in [5.74, 6) is 0.655. The minimum absolute atomic E-state index is 0.467. The highest BCUT2D eigenvalue weighted by atomic mass is 14.6. The quantitative estimate of drug-likeness (QED) is 0.642. The fourth-order valence-electron chi connectivity index (χ4n) is 1.23. The van der Waals surface area contributed by atoms with Crippen LogP contribution in [0.25, 0.3) is 0 Å². The first-order valence-corrected chi connectivity index (χ1v) is 4.30. The van der Waals surface area contributed by atoms with Crippen molar-refractivity contribution >= 4 is 0 Å². The van der Waals surface area contributed by atoms with Crippen LogP contribution in [0.5, 0.6) is 0 Å². The number of nitrogens with two attached hydrogens (primary N) is 1. The van der Waals surface area contributed by atoms with Gasteiger partial charge >= 0.3 is 0 Å². The summed E-state index contributed by atoms with van der Waals surface area (Å²) in [6.07, 6.45) is 2.48. The summed E-state index contributed by atoms with van der Waals surface area (Å²) in [5.41, 5.74) is 6.08. The number of hydrogen-bond donors (Lipinski definition) is 1. The summed E-state index contributed by atoms with van der Waals surface area (Å²) in [4.78, 5) is 0. The van der Waals surface area contributed by atoms with E-state index in [1.54, 1.807) is 0 Å². The molecule has 0 radical (unpaired) electrons. The largest absolute Gasteiger partial charge is 0.330 e. The van der Waals surface area contributed by atoms with E-state index < -0.39 is 0 Å². The van der Waals surface area contributed by atoms with E-state index in [0.717, 1.165) is 6.54 Å². The molecule has 0 amide bonds. The maximum atomic E-state index is 5.61.